The van der Waals surface area contributed by atoms with Gasteiger partial charge in [0.25, 0.3) is 0 Å². The van der Waals surface area contributed by atoms with E-state index >= 15 is 0 Å². The number of aryl methyl sites for hydroxylation is 3. The molecule has 0 aliphatic rings. The molecule has 0 radical (unpaired) electrons. The van der Waals surface area contributed by atoms with Gasteiger partial charge in [0.05, 0.1) is 0 Å². The third-order valence-corrected chi connectivity index (χ3v) is 2.86. The molecule has 4 heteroatoms. The van der Waals surface area contributed by atoms with Crippen LogP contribution in [0.5, 0.6) is 5.75 Å². The van der Waals surface area contributed by atoms with Crippen molar-refractivity contribution in [2.24, 2.45) is 5.73 Å². The van der Waals surface area contributed by atoms with Crippen LogP contribution in [0.15, 0.2) is 18.3 Å². The maximum absolute atomic E-state index is 5.83. The first-order valence-corrected chi connectivity index (χ1v) is 6.03. The van der Waals surface area contributed by atoms with Crippen LogP contribution in [0.4, 0.5) is 0 Å². The number of benzene rings is 1. The van der Waals surface area contributed by atoms with E-state index in [0.717, 1.165) is 28.4 Å². The van der Waals surface area contributed by atoms with E-state index in [-0.39, 0.29) is 0 Å². The summed E-state index contributed by atoms with van der Waals surface area (Å²) in [6.07, 6.45) is 1.74. The Labute approximate surface area is 107 Å². The lowest BCUT2D eigenvalue weighted by atomic mass is 10.1. The molecule has 0 aliphatic carbocycles. The fraction of sp³-hybridized carbons (Fsp3) is 0.357. The van der Waals surface area contributed by atoms with Gasteiger partial charge in [-0.25, -0.2) is 4.98 Å². The lowest BCUT2D eigenvalue weighted by Gasteiger charge is -2.12. The number of hydrogen-bond acceptors (Lipinski definition) is 3. The molecule has 1 aromatic carbocycles. The fourth-order valence-electron chi connectivity index (χ4n) is 2.12. The minimum absolute atomic E-state index is 0.435. The number of aromatic amines is 1. The number of hydrogen-bond donors (Lipinski definition) is 2. The topological polar surface area (TPSA) is 63.9 Å². The number of imidazole rings is 1. The maximum Gasteiger partial charge on any atom is 0.146 e. The predicted molar refractivity (Wildman–Crippen MR) is 71.5 cm³/mol. The number of ether oxygens (including phenoxy) is 1. The van der Waals surface area contributed by atoms with Crippen LogP contribution in [0.3, 0.4) is 0 Å². The first-order valence-electron chi connectivity index (χ1n) is 6.03. The fourth-order valence-corrected chi connectivity index (χ4v) is 2.12. The number of nitrogens with one attached hydrogen (secondary N) is 1. The van der Waals surface area contributed by atoms with Crippen molar-refractivity contribution in [3.05, 3.63) is 46.5 Å². The molecule has 0 aliphatic heterocycles. The standard InChI is InChI=1S/C14H19N3O/c1-9-4-10(2)14(11(3)5-9)18-8-13-16-7-12(6-15)17-13/h4-5,7H,6,8,15H2,1-3H3,(H,16,17). The molecule has 1 heterocycles. The van der Waals surface area contributed by atoms with Crippen LogP contribution in [0.1, 0.15) is 28.2 Å². The van der Waals surface area contributed by atoms with Crippen molar-refractivity contribution in [2.45, 2.75) is 33.9 Å². The Bertz CT molecular complexity index is 523. The molecule has 2 aromatic rings. The lowest BCUT2D eigenvalue weighted by Crippen LogP contribution is -2.02. The normalized spacial score (nSPS) is 10.7. The Hall–Kier alpha value is -1.81. The number of H-pyrrole nitrogens is 1. The smallest absolute Gasteiger partial charge is 0.146 e. The zero-order valence-electron chi connectivity index (χ0n) is 11.1. The van der Waals surface area contributed by atoms with Crippen molar-refractivity contribution in [3.63, 3.8) is 0 Å². The zero-order chi connectivity index (χ0) is 13.1. The quantitative estimate of drug-likeness (QED) is 0.869. The average Bonchev–Trinajstić information content (AvgIpc) is 2.75. The molecule has 0 saturated carbocycles. The molecule has 3 N–H and O–H groups in total. The van der Waals surface area contributed by atoms with Crippen LogP contribution in [-0.2, 0) is 13.2 Å². The molecule has 0 amide bonds. The minimum Gasteiger partial charge on any atom is -0.485 e. The van der Waals surface area contributed by atoms with Crippen molar-refractivity contribution in [1.29, 1.82) is 0 Å². The Kier molecular flexibility index (Phi) is 3.67. The monoisotopic (exact) mass is 245 g/mol. The minimum atomic E-state index is 0.435. The largest absolute Gasteiger partial charge is 0.485 e. The highest BCUT2D eigenvalue weighted by atomic mass is 16.5. The molecule has 0 saturated heterocycles. The number of rotatable bonds is 4. The molecule has 18 heavy (non-hydrogen) atoms. The molecule has 0 unspecified atom stereocenters. The van der Waals surface area contributed by atoms with Gasteiger partial charge < -0.3 is 15.5 Å². The van der Waals surface area contributed by atoms with Gasteiger partial charge in [-0.05, 0) is 31.9 Å². The first-order chi connectivity index (χ1) is 8.60. The van der Waals surface area contributed by atoms with Crippen LogP contribution in [0.2, 0.25) is 0 Å². The van der Waals surface area contributed by atoms with Gasteiger partial charge in [0.1, 0.15) is 18.2 Å². The van der Waals surface area contributed by atoms with Gasteiger partial charge in [-0.15, -0.1) is 0 Å². The van der Waals surface area contributed by atoms with Gasteiger partial charge >= 0.3 is 0 Å². The van der Waals surface area contributed by atoms with Gasteiger partial charge in [0, 0.05) is 18.4 Å². The van der Waals surface area contributed by atoms with Crippen molar-refractivity contribution in [2.75, 3.05) is 0 Å². The van der Waals surface area contributed by atoms with E-state index in [1.165, 1.54) is 5.56 Å². The maximum atomic E-state index is 5.83. The Morgan fingerprint density at radius 3 is 2.44 bits per heavy atom. The molecule has 0 fully saturated rings. The SMILES string of the molecule is Cc1cc(C)c(OCc2ncc(CN)[nH]2)c(C)c1. The summed E-state index contributed by atoms with van der Waals surface area (Å²) in [6, 6.07) is 4.24. The Balaban J connectivity index is 2.10. The molecule has 0 atom stereocenters. The Morgan fingerprint density at radius 2 is 1.89 bits per heavy atom. The van der Waals surface area contributed by atoms with Crippen LogP contribution in [-0.4, -0.2) is 9.97 Å². The predicted octanol–water partition coefficient (Wildman–Crippen LogP) is 2.37. The first kappa shape index (κ1) is 12.6. The van der Waals surface area contributed by atoms with Crippen molar-refractivity contribution in [3.8, 4) is 5.75 Å². The lowest BCUT2D eigenvalue weighted by molar-refractivity contribution is 0.293. The van der Waals surface area contributed by atoms with Crippen molar-refractivity contribution >= 4 is 0 Å². The van der Waals surface area contributed by atoms with E-state index in [2.05, 4.69) is 42.9 Å². The highest BCUT2D eigenvalue weighted by Gasteiger charge is 2.06. The van der Waals surface area contributed by atoms with E-state index in [1.54, 1.807) is 6.20 Å². The second kappa shape index (κ2) is 5.23. The molecule has 96 valence electrons. The summed E-state index contributed by atoms with van der Waals surface area (Å²) in [7, 11) is 0. The third-order valence-electron chi connectivity index (χ3n) is 2.86. The molecule has 4 nitrogen and oxygen atoms in total. The van der Waals surface area contributed by atoms with Gasteiger partial charge in [-0.3, -0.25) is 0 Å². The number of nitrogens with two attached hydrogens (primary N) is 1. The molecular formula is C14H19N3O. The van der Waals surface area contributed by atoms with Crippen LogP contribution >= 0.6 is 0 Å². The van der Waals surface area contributed by atoms with Gasteiger partial charge in [0.2, 0.25) is 0 Å². The van der Waals surface area contributed by atoms with E-state index in [9.17, 15) is 0 Å². The number of aromatic nitrogens is 2. The summed E-state index contributed by atoms with van der Waals surface area (Å²) >= 11 is 0. The van der Waals surface area contributed by atoms with Crippen LogP contribution in [0, 0.1) is 20.8 Å². The van der Waals surface area contributed by atoms with Gasteiger partial charge in [-0.1, -0.05) is 17.7 Å². The molecule has 0 bridgehead atoms. The van der Waals surface area contributed by atoms with E-state index in [4.69, 9.17) is 10.5 Å². The number of nitrogens with zero attached hydrogens (tertiary/aromatic N) is 1. The van der Waals surface area contributed by atoms with E-state index in [0.29, 0.717) is 13.2 Å². The highest BCUT2D eigenvalue weighted by Crippen LogP contribution is 2.25. The highest BCUT2D eigenvalue weighted by molar-refractivity contribution is 5.42. The second-order valence-electron chi connectivity index (χ2n) is 4.58. The summed E-state index contributed by atoms with van der Waals surface area (Å²) in [6.45, 7) is 7.11. The molecule has 0 spiro atoms. The van der Waals surface area contributed by atoms with Gasteiger partial charge in [-0.2, -0.15) is 0 Å². The molecule has 2 rings (SSSR count). The second-order valence-corrected chi connectivity index (χ2v) is 4.58. The summed E-state index contributed by atoms with van der Waals surface area (Å²) in [4.78, 5) is 7.34. The molecular weight excluding hydrogens is 226 g/mol. The van der Waals surface area contributed by atoms with E-state index in [1.807, 2.05) is 0 Å². The van der Waals surface area contributed by atoms with Gasteiger partial charge in [0.15, 0.2) is 0 Å². The summed E-state index contributed by atoms with van der Waals surface area (Å²) in [5.41, 5.74) is 10.00. The van der Waals surface area contributed by atoms with Crippen LogP contribution in [0.25, 0.3) is 0 Å². The average molecular weight is 245 g/mol. The van der Waals surface area contributed by atoms with E-state index < -0.39 is 0 Å². The summed E-state index contributed by atoms with van der Waals surface area (Å²) < 4.78 is 5.83. The zero-order valence-corrected chi connectivity index (χ0v) is 11.1. The third kappa shape index (κ3) is 2.71. The van der Waals surface area contributed by atoms with Crippen LogP contribution < -0.4 is 10.5 Å². The summed E-state index contributed by atoms with van der Waals surface area (Å²) in [5.74, 6) is 1.74. The molecule has 1 aromatic heterocycles. The van der Waals surface area contributed by atoms with Crippen molar-refractivity contribution < 1.29 is 4.74 Å². The Morgan fingerprint density at radius 1 is 1.22 bits per heavy atom. The van der Waals surface area contributed by atoms with Crippen molar-refractivity contribution in [1.82, 2.24) is 9.97 Å². The summed E-state index contributed by atoms with van der Waals surface area (Å²) in [5, 5.41) is 0.